The summed E-state index contributed by atoms with van der Waals surface area (Å²) in [5.41, 5.74) is 11.1. The molecule has 202 valence electrons. The lowest BCUT2D eigenvalue weighted by atomic mass is 9.97. The largest absolute Gasteiger partial charge is 0.490 e. The van der Waals surface area contributed by atoms with Crippen molar-refractivity contribution in [2.75, 3.05) is 5.32 Å². The molecule has 1 fully saturated rings. The molecule has 5 rings (SSSR count). The molecule has 1 aliphatic carbocycles. The van der Waals surface area contributed by atoms with Crippen LogP contribution in [0.2, 0.25) is 0 Å². The molecule has 0 unspecified atom stereocenters. The van der Waals surface area contributed by atoms with Crippen molar-refractivity contribution in [2.45, 2.75) is 43.3 Å². The molecule has 4 aromatic rings. The van der Waals surface area contributed by atoms with Gasteiger partial charge >= 0.3 is 12.1 Å². The van der Waals surface area contributed by atoms with E-state index >= 15 is 0 Å². The number of hydrogen-bond acceptors (Lipinski definition) is 3. The molecule has 0 aliphatic heterocycles. The third-order valence-corrected chi connectivity index (χ3v) is 6.79. The Labute approximate surface area is 224 Å². The van der Waals surface area contributed by atoms with Crippen molar-refractivity contribution in [3.63, 3.8) is 0 Å². The van der Waals surface area contributed by atoms with Crippen molar-refractivity contribution >= 4 is 28.3 Å². The lowest BCUT2D eigenvalue weighted by molar-refractivity contribution is -0.192. The predicted molar refractivity (Wildman–Crippen MR) is 145 cm³/mol. The van der Waals surface area contributed by atoms with Gasteiger partial charge in [0.1, 0.15) is 0 Å². The first kappa shape index (κ1) is 27.9. The maximum absolute atomic E-state index is 12.3. The topological polar surface area (TPSA) is 92.4 Å². The number of fused-ring (bicyclic) bond motifs is 1. The summed E-state index contributed by atoms with van der Waals surface area (Å²) in [4.78, 5) is 21.2. The SMILES string of the molecule is N[C@@]1(Cc2ccc3ccccc3c2)C[C@H]1c1ccc(NC(=O)CCc2ccccc2)cc1.O=C(O)C(F)(F)F. The normalized spacial score (nSPS) is 18.1. The van der Waals surface area contributed by atoms with Crippen LogP contribution in [0.5, 0.6) is 0 Å². The molecule has 39 heavy (non-hydrogen) atoms. The quantitative estimate of drug-likeness (QED) is 0.253. The predicted octanol–water partition coefficient (Wildman–Crippen LogP) is 6.47. The van der Waals surface area contributed by atoms with Crippen LogP contribution in [0, 0.1) is 0 Å². The molecule has 0 heterocycles. The first-order valence-corrected chi connectivity index (χ1v) is 12.5. The van der Waals surface area contributed by atoms with Crippen LogP contribution >= 0.6 is 0 Å². The number of carbonyl (C=O) groups excluding carboxylic acids is 1. The van der Waals surface area contributed by atoms with Crippen molar-refractivity contribution in [1.29, 1.82) is 0 Å². The Bertz CT molecular complexity index is 1440. The number of aliphatic carboxylic acids is 1. The van der Waals surface area contributed by atoms with Crippen molar-refractivity contribution < 1.29 is 27.9 Å². The average Bonchev–Trinajstić information content (AvgIpc) is 3.58. The highest BCUT2D eigenvalue weighted by Gasteiger charge is 2.51. The van der Waals surface area contributed by atoms with Gasteiger partial charge in [0.15, 0.2) is 0 Å². The van der Waals surface area contributed by atoms with Gasteiger partial charge in [0.2, 0.25) is 5.91 Å². The number of alkyl halides is 3. The van der Waals surface area contributed by atoms with E-state index in [1.807, 2.05) is 30.3 Å². The standard InChI is InChI=1S/C29H28N2O.C2HF3O2/c30-29(19-22-10-12-23-8-4-5-9-25(23)18-22)20-27(29)24-13-15-26(16-14-24)31-28(32)17-11-21-6-2-1-3-7-21;3-2(4,5)1(6)7/h1-10,12-16,18,27H,11,17,19-20,30H2,(H,31,32);(H,6,7)/t27-,29-;/m0./s1. The summed E-state index contributed by atoms with van der Waals surface area (Å²) >= 11 is 0. The lowest BCUT2D eigenvalue weighted by Gasteiger charge is -2.13. The van der Waals surface area contributed by atoms with Crippen LogP contribution in [0.25, 0.3) is 10.8 Å². The van der Waals surface area contributed by atoms with Crippen LogP contribution in [0.15, 0.2) is 97.1 Å². The van der Waals surface area contributed by atoms with E-state index in [-0.39, 0.29) is 11.4 Å². The minimum absolute atomic E-state index is 0.0394. The summed E-state index contributed by atoms with van der Waals surface area (Å²) in [5, 5.41) is 12.7. The second-order valence-electron chi connectivity index (χ2n) is 9.81. The van der Waals surface area contributed by atoms with Gasteiger partial charge in [-0.2, -0.15) is 13.2 Å². The van der Waals surface area contributed by atoms with E-state index in [0.29, 0.717) is 12.3 Å². The summed E-state index contributed by atoms with van der Waals surface area (Å²) in [6.45, 7) is 0. The van der Waals surface area contributed by atoms with Gasteiger partial charge in [-0.3, -0.25) is 4.79 Å². The molecule has 8 heteroatoms. The Morgan fingerprint density at radius 1 is 0.872 bits per heavy atom. The van der Waals surface area contributed by atoms with Gasteiger partial charge in [-0.05, 0) is 58.9 Å². The first-order chi connectivity index (χ1) is 18.5. The molecule has 2 atom stereocenters. The van der Waals surface area contributed by atoms with Gasteiger partial charge < -0.3 is 16.2 Å². The number of benzene rings is 4. The van der Waals surface area contributed by atoms with Gasteiger partial charge in [0, 0.05) is 23.6 Å². The molecule has 0 radical (unpaired) electrons. The van der Waals surface area contributed by atoms with Crippen LogP contribution < -0.4 is 11.1 Å². The highest BCUT2D eigenvalue weighted by atomic mass is 19.4. The third kappa shape index (κ3) is 7.67. The molecular formula is C31H29F3N2O3. The van der Waals surface area contributed by atoms with Gasteiger partial charge in [-0.1, -0.05) is 84.9 Å². The molecule has 0 spiro atoms. The van der Waals surface area contributed by atoms with Crippen LogP contribution in [-0.2, 0) is 22.4 Å². The number of carboxylic acid groups (broad SMARTS) is 1. The number of anilines is 1. The van der Waals surface area contributed by atoms with Crippen LogP contribution in [0.3, 0.4) is 0 Å². The fraction of sp³-hybridized carbons (Fsp3) is 0.226. The summed E-state index contributed by atoms with van der Waals surface area (Å²) in [6, 6.07) is 33.3. The first-order valence-electron chi connectivity index (χ1n) is 12.5. The monoisotopic (exact) mass is 534 g/mol. The second-order valence-corrected chi connectivity index (χ2v) is 9.81. The molecule has 1 saturated carbocycles. The molecule has 0 aromatic heterocycles. The van der Waals surface area contributed by atoms with E-state index in [1.165, 1.54) is 27.5 Å². The highest BCUT2D eigenvalue weighted by molar-refractivity contribution is 5.90. The number of aryl methyl sites for hydroxylation is 1. The fourth-order valence-corrected chi connectivity index (χ4v) is 4.62. The number of halogens is 3. The molecule has 1 aliphatic rings. The highest BCUT2D eigenvalue weighted by Crippen LogP contribution is 2.51. The van der Waals surface area contributed by atoms with E-state index < -0.39 is 12.1 Å². The smallest absolute Gasteiger partial charge is 0.475 e. The van der Waals surface area contributed by atoms with E-state index in [2.05, 4.69) is 72.0 Å². The van der Waals surface area contributed by atoms with Crippen LogP contribution in [0.1, 0.15) is 35.4 Å². The minimum Gasteiger partial charge on any atom is -0.475 e. The zero-order chi connectivity index (χ0) is 28.0. The summed E-state index contributed by atoms with van der Waals surface area (Å²) < 4.78 is 31.7. The van der Waals surface area contributed by atoms with Crippen LogP contribution in [0.4, 0.5) is 18.9 Å². The zero-order valence-corrected chi connectivity index (χ0v) is 21.1. The Balaban J connectivity index is 0.000000448. The summed E-state index contributed by atoms with van der Waals surface area (Å²) in [6.07, 6.45) is -1.99. The third-order valence-electron chi connectivity index (χ3n) is 6.79. The Kier molecular flexibility index (Phi) is 8.35. The Hall–Kier alpha value is -4.17. The van der Waals surface area contributed by atoms with Crippen molar-refractivity contribution in [3.8, 4) is 0 Å². The number of nitrogens with two attached hydrogens (primary N) is 1. The Morgan fingerprint density at radius 2 is 1.49 bits per heavy atom. The van der Waals surface area contributed by atoms with Crippen molar-refractivity contribution in [3.05, 3.63) is 114 Å². The number of hydrogen-bond donors (Lipinski definition) is 3. The van der Waals surface area contributed by atoms with Gasteiger partial charge in [-0.15, -0.1) is 0 Å². The van der Waals surface area contributed by atoms with E-state index in [0.717, 1.165) is 24.9 Å². The Morgan fingerprint density at radius 3 is 2.13 bits per heavy atom. The summed E-state index contributed by atoms with van der Waals surface area (Å²) in [5.74, 6) is -2.36. The minimum atomic E-state index is -5.08. The van der Waals surface area contributed by atoms with Gasteiger partial charge in [0.05, 0.1) is 0 Å². The maximum Gasteiger partial charge on any atom is 0.490 e. The van der Waals surface area contributed by atoms with Gasteiger partial charge in [-0.25, -0.2) is 4.79 Å². The van der Waals surface area contributed by atoms with E-state index in [1.54, 1.807) is 0 Å². The van der Waals surface area contributed by atoms with E-state index in [9.17, 15) is 18.0 Å². The second kappa shape index (κ2) is 11.7. The van der Waals surface area contributed by atoms with Crippen molar-refractivity contribution in [1.82, 2.24) is 0 Å². The molecule has 5 nitrogen and oxygen atoms in total. The molecule has 0 saturated heterocycles. The number of carbonyl (C=O) groups is 2. The molecule has 4 aromatic carbocycles. The molecule has 4 N–H and O–H groups in total. The maximum atomic E-state index is 12.3. The molecular weight excluding hydrogens is 505 g/mol. The number of amides is 1. The summed E-state index contributed by atoms with van der Waals surface area (Å²) in [7, 11) is 0. The van der Waals surface area contributed by atoms with Crippen molar-refractivity contribution in [2.24, 2.45) is 5.73 Å². The molecule has 0 bridgehead atoms. The number of nitrogens with one attached hydrogen (secondary N) is 1. The zero-order valence-electron chi connectivity index (χ0n) is 21.1. The lowest BCUT2D eigenvalue weighted by Crippen LogP contribution is -2.27. The van der Waals surface area contributed by atoms with Crippen LogP contribution in [-0.4, -0.2) is 28.7 Å². The van der Waals surface area contributed by atoms with Gasteiger partial charge in [0.25, 0.3) is 0 Å². The number of rotatable bonds is 7. The number of carboxylic acids is 1. The molecule has 1 amide bonds. The average molecular weight is 535 g/mol. The fourth-order valence-electron chi connectivity index (χ4n) is 4.62. The van der Waals surface area contributed by atoms with E-state index in [4.69, 9.17) is 15.6 Å².